The van der Waals surface area contributed by atoms with Crippen LogP contribution in [0.4, 0.5) is 0 Å². The maximum Gasteiger partial charge on any atom is 0.171 e. The summed E-state index contributed by atoms with van der Waals surface area (Å²) >= 11 is 0. The van der Waals surface area contributed by atoms with Gasteiger partial charge in [-0.25, -0.2) is 15.0 Å². The van der Waals surface area contributed by atoms with Gasteiger partial charge in [0.25, 0.3) is 0 Å². The van der Waals surface area contributed by atoms with Crippen molar-refractivity contribution in [3.63, 3.8) is 0 Å². The van der Waals surface area contributed by atoms with Crippen LogP contribution < -0.4 is 5.32 Å². The highest BCUT2D eigenvalue weighted by atomic mass is 16.3. The minimum absolute atomic E-state index is 0.0410. The average Bonchev–Trinajstić information content (AvgIpc) is 3.22. The topological polar surface area (TPSA) is 192 Å². The number of aryl methyl sites for hydroxylation is 7. The SMILES string of the molecule is CC1=NC(O)C(C(C)(C)C)=C(C)N1.Cc1c(O)cc(O)c(C(C)(C)C)c1C.Cc1cc(C(C)(C)C)c(C)cc1O.Cc1cc(C(C)(C)C)c(O)cc1O.Cc1cc(O)c(C)c(C)c1C(C)(C)C.Cc1nc(C)c(C(C)(C)C)c(C)n1. The lowest BCUT2D eigenvalue weighted by Gasteiger charge is -2.31. The highest BCUT2D eigenvalue weighted by Crippen LogP contribution is 2.40. The third kappa shape index (κ3) is 20.2. The van der Waals surface area contributed by atoms with Crippen molar-refractivity contribution in [2.45, 2.75) is 248 Å². The third-order valence-corrected chi connectivity index (χ3v) is 14.2. The van der Waals surface area contributed by atoms with Crippen LogP contribution in [0.1, 0.15) is 228 Å². The number of amidine groups is 1. The number of hydrogen-bond donors (Lipinski definition) is 8. The number of aromatic nitrogens is 2. The Morgan fingerprint density at radius 3 is 1.10 bits per heavy atom. The molecule has 1 atom stereocenters. The molecule has 1 aromatic heterocycles. The molecule has 5 aromatic rings. The predicted molar refractivity (Wildman–Crippen MR) is 338 cm³/mol. The van der Waals surface area contributed by atoms with Crippen molar-refractivity contribution in [2.75, 3.05) is 0 Å². The Hall–Kier alpha value is -6.07. The lowest BCUT2D eigenvalue weighted by molar-refractivity contribution is 0.188. The molecule has 8 N–H and O–H groups in total. The van der Waals surface area contributed by atoms with E-state index in [2.05, 4.69) is 137 Å². The number of allylic oxidation sites excluding steroid dienone is 1. The van der Waals surface area contributed by atoms with Crippen LogP contribution in [-0.2, 0) is 27.1 Å². The molecule has 0 spiro atoms. The minimum atomic E-state index is -0.679. The lowest BCUT2D eigenvalue weighted by atomic mass is 9.80. The second-order valence-electron chi connectivity index (χ2n) is 28.1. The zero-order valence-corrected chi connectivity index (χ0v) is 55.5. The molecule has 11 nitrogen and oxygen atoms in total. The van der Waals surface area contributed by atoms with E-state index in [-0.39, 0.29) is 55.5 Å². The van der Waals surface area contributed by atoms with Gasteiger partial charge in [0.05, 0.1) is 0 Å². The van der Waals surface area contributed by atoms with Crippen LogP contribution in [0, 0.1) is 81.6 Å². The highest BCUT2D eigenvalue weighted by molar-refractivity contribution is 5.82. The van der Waals surface area contributed by atoms with Crippen molar-refractivity contribution in [2.24, 2.45) is 10.4 Å². The molecule has 11 heteroatoms. The molecule has 0 aliphatic carbocycles. The fourth-order valence-corrected chi connectivity index (χ4v) is 10.7. The van der Waals surface area contributed by atoms with Gasteiger partial charge in [0.1, 0.15) is 46.2 Å². The van der Waals surface area contributed by atoms with Crippen molar-refractivity contribution in [1.82, 2.24) is 15.3 Å². The van der Waals surface area contributed by atoms with Crippen LogP contribution >= 0.6 is 0 Å². The summed E-state index contributed by atoms with van der Waals surface area (Å²) in [5.74, 6) is 3.09. The molecule has 2 heterocycles. The first-order chi connectivity index (χ1) is 35.8. The van der Waals surface area contributed by atoms with Crippen molar-refractivity contribution >= 4 is 5.84 Å². The molecule has 1 aliphatic rings. The first-order valence-corrected chi connectivity index (χ1v) is 28.0. The number of rotatable bonds is 0. The Balaban J connectivity index is 0.000000480. The molecule has 0 radical (unpaired) electrons. The van der Waals surface area contributed by atoms with Gasteiger partial charge in [-0.15, -0.1) is 0 Å². The smallest absolute Gasteiger partial charge is 0.171 e. The fraction of sp³-hybridized carbons (Fsp3) is 0.551. The Bertz CT molecular complexity index is 2850. The van der Waals surface area contributed by atoms with Crippen LogP contribution in [-0.4, -0.2) is 57.8 Å². The van der Waals surface area contributed by atoms with Gasteiger partial charge in [-0.1, -0.05) is 131 Å². The maximum absolute atomic E-state index is 9.77. The Kier molecular flexibility index (Phi) is 24.4. The molecule has 1 aliphatic heterocycles. The van der Waals surface area contributed by atoms with Gasteiger partial charge in [0.15, 0.2) is 6.23 Å². The normalized spacial score (nSPS) is 13.8. The summed E-state index contributed by atoms with van der Waals surface area (Å²) in [5.41, 5.74) is 18.2. The maximum atomic E-state index is 9.77. The number of nitrogens with zero attached hydrogens (tertiary/aromatic N) is 3. The monoisotopic (exact) mass is 1100 g/mol. The van der Waals surface area contributed by atoms with Gasteiger partial charge < -0.3 is 41.1 Å². The van der Waals surface area contributed by atoms with Gasteiger partial charge >= 0.3 is 0 Å². The summed E-state index contributed by atoms with van der Waals surface area (Å²) in [6, 6.07) is 10.4. The Morgan fingerprint density at radius 1 is 0.350 bits per heavy atom. The number of benzene rings is 4. The number of hydrogen-bond acceptors (Lipinski definition) is 11. The molecule has 0 fully saturated rings. The Morgan fingerprint density at radius 2 is 0.713 bits per heavy atom. The molecule has 0 bridgehead atoms. The average molecular weight is 1110 g/mol. The zero-order valence-electron chi connectivity index (χ0n) is 55.5. The van der Waals surface area contributed by atoms with Gasteiger partial charge in [-0.3, -0.25) is 0 Å². The number of aliphatic hydroxyl groups excluding tert-OH is 1. The minimum Gasteiger partial charge on any atom is -0.508 e. The van der Waals surface area contributed by atoms with E-state index in [0.717, 1.165) is 78.8 Å². The first-order valence-electron chi connectivity index (χ1n) is 28.0. The second-order valence-corrected chi connectivity index (χ2v) is 28.1. The molecule has 0 amide bonds. The standard InChI is InChI=1S/C13H20O.C12H18O2.C12H18O.C11H18N2.C11H16O2.C10H18N2O/c1-8-7-11(14)9(2)10(3)12(8)13(4,5)6;1-7-8(2)11(12(3,4)5)10(14)6-9(7)13;1-8-7-11(13)9(2)6-10(8)12(3,4)5;1-7-10(11(4,5)6)8(2)13-9(3)12-7;1-7-5-8(11(2,3)4)10(13)6-9(7)12;1-6-8(10(3,4)5)9(13)12-7(2)11-6/h7,14H,1-6H3;6,13-14H,1-5H3;6-7,13H,1-5H3;1-6H3;5-6,12-13H,1-4H3;9,13H,1-5H3,(H,11,12). The van der Waals surface area contributed by atoms with E-state index in [4.69, 9.17) is 0 Å². The van der Waals surface area contributed by atoms with E-state index in [9.17, 15) is 35.7 Å². The number of aliphatic imine (C=N–C) groups is 1. The molecule has 0 saturated heterocycles. The first kappa shape index (κ1) is 71.9. The molecule has 0 saturated carbocycles. The summed E-state index contributed by atoms with van der Waals surface area (Å²) in [6.07, 6.45) is -0.679. The van der Waals surface area contributed by atoms with Gasteiger partial charge in [0, 0.05) is 40.4 Å². The van der Waals surface area contributed by atoms with Crippen molar-refractivity contribution < 1.29 is 35.7 Å². The van der Waals surface area contributed by atoms with Crippen molar-refractivity contribution in [3.8, 4) is 34.5 Å². The quantitative estimate of drug-likeness (QED) is 0.0740. The summed E-state index contributed by atoms with van der Waals surface area (Å²) in [5, 5.41) is 70.3. The highest BCUT2D eigenvalue weighted by Gasteiger charge is 2.29. The van der Waals surface area contributed by atoms with Gasteiger partial charge in [-0.05, 0) is 207 Å². The van der Waals surface area contributed by atoms with Gasteiger partial charge in [0.2, 0.25) is 0 Å². The van der Waals surface area contributed by atoms with Crippen LogP contribution in [0.25, 0.3) is 0 Å². The molecule has 6 rings (SSSR count). The zero-order chi connectivity index (χ0) is 63.1. The third-order valence-electron chi connectivity index (χ3n) is 14.2. The number of nitrogens with one attached hydrogen (secondary N) is 1. The summed E-state index contributed by atoms with van der Waals surface area (Å²) in [7, 11) is 0. The molecule has 80 heavy (non-hydrogen) atoms. The lowest BCUT2D eigenvalue weighted by Crippen LogP contribution is -2.34. The molecule has 446 valence electrons. The van der Waals surface area contributed by atoms with E-state index in [1.54, 1.807) is 0 Å². The number of aliphatic hydroxyl groups is 1. The van der Waals surface area contributed by atoms with E-state index in [1.165, 1.54) is 39.9 Å². The van der Waals surface area contributed by atoms with Crippen LogP contribution in [0.15, 0.2) is 52.7 Å². The Labute approximate surface area is 484 Å². The largest absolute Gasteiger partial charge is 0.508 e. The summed E-state index contributed by atoms with van der Waals surface area (Å²) in [4.78, 5) is 12.9. The number of phenolic OH excluding ortho intramolecular Hbond substituents is 6. The molecule has 1 unspecified atom stereocenters. The number of aromatic hydroxyl groups is 6. The van der Waals surface area contributed by atoms with Crippen molar-refractivity contribution in [3.05, 3.63) is 137 Å². The molecule has 4 aromatic carbocycles. The molecular weight excluding hydrogens is 997 g/mol. The van der Waals surface area contributed by atoms with E-state index < -0.39 is 6.23 Å². The predicted octanol–water partition coefficient (Wildman–Crippen LogP) is 17.0. The van der Waals surface area contributed by atoms with E-state index >= 15 is 0 Å². The van der Waals surface area contributed by atoms with E-state index in [1.807, 2.05) is 122 Å². The fourth-order valence-electron chi connectivity index (χ4n) is 10.7. The van der Waals surface area contributed by atoms with Gasteiger partial charge in [-0.2, -0.15) is 0 Å². The van der Waals surface area contributed by atoms with Crippen LogP contribution in [0.5, 0.6) is 34.5 Å². The summed E-state index contributed by atoms with van der Waals surface area (Å²) < 4.78 is 0. The van der Waals surface area contributed by atoms with Crippen molar-refractivity contribution in [1.29, 1.82) is 0 Å². The molecular formula is C69H108N4O7. The second kappa shape index (κ2) is 27.1. The van der Waals surface area contributed by atoms with Crippen LogP contribution in [0.3, 0.4) is 0 Å². The summed E-state index contributed by atoms with van der Waals surface area (Å²) in [6.45, 7) is 63.8. The van der Waals surface area contributed by atoms with E-state index in [0.29, 0.717) is 11.5 Å². The van der Waals surface area contributed by atoms with Crippen LogP contribution in [0.2, 0.25) is 0 Å². The number of phenols is 6.